The predicted octanol–water partition coefficient (Wildman–Crippen LogP) is 2.93. The Morgan fingerprint density at radius 1 is 1.10 bits per heavy atom. The van der Waals surface area contributed by atoms with Crippen LogP contribution in [0.2, 0.25) is 0 Å². The van der Waals surface area contributed by atoms with Gasteiger partial charge in [-0.2, -0.15) is 13.2 Å². The molecule has 0 aliphatic carbocycles. The summed E-state index contributed by atoms with van der Waals surface area (Å²) in [6.45, 7) is 1.10. The predicted molar refractivity (Wildman–Crippen MR) is 72.8 cm³/mol. The van der Waals surface area contributed by atoms with Gasteiger partial charge in [0, 0.05) is 6.07 Å². The minimum atomic E-state index is -4.33. The molecule has 0 heterocycles. The molecule has 0 spiro atoms. The number of methoxy groups -OCH3 is 2. The van der Waals surface area contributed by atoms with E-state index in [4.69, 9.17) is 14.2 Å². The van der Waals surface area contributed by atoms with Crippen molar-refractivity contribution >= 4 is 0 Å². The first-order chi connectivity index (χ1) is 9.89. The summed E-state index contributed by atoms with van der Waals surface area (Å²) < 4.78 is 51.5. The van der Waals surface area contributed by atoms with Crippen LogP contribution in [0.5, 0.6) is 11.5 Å². The van der Waals surface area contributed by atoms with Crippen LogP contribution in [0.15, 0.2) is 18.2 Å². The summed E-state index contributed by atoms with van der Waals surface area (Å²) in [5.74, 6) is 1.14. The van der Waals surface area contributed by atoms with Gasteiger partial charge in [0.25, 0.3) is 0 Å². The Hall–Kier alpha value is -1.47. The van der Waals surface area contributed by atoms with Crippen LogP contribution in [0.4, 0.5) is 13.2 Å². The lowest BCUT2D eigenvalue weighted by molar-refractivity contribution is -0.175. The Kier molecular flexibility index (Phi) is 6.77. The van der Waals surface area contributed by atoms with Crippen molar-refractivity contribution in [1.29, 1.82) is 0 Å². The molecule has 1 rings (SSSR count). The van der Waals surface area contributed by atoms with Gasteiger partial charge in [0.2, 0.25) is 0 Å². The van der Waals surface area contributed by atoms with E-state index in [2.05, 4.69) is 5.32 Å². The van der Waals surface area contributed by atoms with Gasteiger partial charge in [0.15, 0.2) is 0 Å². The molecule has 0 bridgehead atoms. The lowest BCUT2D eigenvalue weighted by Crippen LogP contribution is -2.28. The Balaban J connectivity index is 2.83. The minimum absolute atomic E-state index is 0.0936. The number of alkyl halides is 3. The van der Waals surface area contributed by atoms with Crippen molar-refractivity contribution in [3.63, 3.8) is 0 Å². The lowest BCUT2D eigenvalue weighted by atomic mass is 10.1. The van der Waals surface area contributed by atoms with E-state index in [-0.39, 0.29) is 12.6 Å². The summed E-state index contributed by atoms with van der Waals surface area (Å²) in [6, 6.07) is 4.81. The van der Waals surface area contributed by atoms with E-state index in [0.717, 1.165) is 5.56 Å². The topological polar surface area (TPSA) is 39.7 Å². The third-order valence-corrected chi connectivity index (χ3v) is 2.78. The first kappa shape index (κ1) is 17.6. The van der Waals surface area contributed by atoms with E-state index < -0.39 is 12.8 Å². The highest BCUT2D eigenvalue weighted by molar-refractivity contribution is 5.39. The van der Waals surface area contributed by atoms with Crippen LogP contribution < -0.4 is 14.8 Å². The average molecular weight is 307 g/mol. The van der Waals surface area contributed by atoms with Crippen LogP contribution in [0, 0.1) is 0 Å². The Morgan fingerprint density at radius 2 is 1.67 bits per heavy atom. The molecule has 0 amide bonds. The molecule has 21 heavy (non-hydrogen) atoms. The molecule has 0 aliphatic heterocycles. The van der Waals surface area contributed by atoms with Gasteiger partial charge in [-0.1, -0.05) is 6.92 Å². The molecule has 1 aromatic carbocycles. The molecule has 1 unspecified atom stereocenters. The highest BCUT2D eigenvalue weighted by Crippen LogP contribution is 2.27. The molecule has 120 valence electrons. The zero-order valence-corrected chi connectivity index (χ0v) is 12.3. The van der Waals surface area contributed by atoms with Gasteiger partial charge < -0.3 is 19.5 Å². The molecule has 0 aliphatic rings. The van der Waals surface area contributed by atoms with E-state index in [1.165, 1.54) is 14.2 Å². The van der Waals surface area contributed by atoms with Crippen LogP contribution in [0.3, 0.4) is 0 Å². The maximum Gasteiger partial charge on any atom is 0.411 e. The summed E-state index contributed by atoms with van der Waals surface area (Å²) >= 11 is 0. The number of hydrogen-bond acceptors (Lipinski definition) is 4. The molecule has 0 saturated carbocycles. The third kappa shape index (κ3) is 6.22. The van der Waals surface area contributed by atoms with Gasteiger partial charge in [-0.3, -0.25) is 0 Å². The first-order valence-corrected chi connectivity index (χ1v) is 6.50. The fraction of sp³-hybridized carbons (Fsp3) is 0.571. The molecule has 1 N–H and O–H groups in total. The fourth-order valence-electron chi connectivity index (χ4n) is 1.84. The minimum Gasteiger partial charge on any atom is -0.497 e. The Morgan fingerprint density at radius 3 is 2.10 bits per heavy atom. The van der Waals surface area contributed by atoms with Crippen LogP contribution in [-0.4, -0.2) is 40.2 Å². The maximum absolute atomic E-state index is 12.1. The summed E-state index contributed by atoms with van der Waals surface area (Å²) in [5, 5.41) is 3.08. The van der Waals surface area contributed by atoms with Gasteiger partial charge in [-0.15, -0.1) is 0 Å². The first-order valence-electron chi connectivity index (χ1n) is 6.50. The maximum atomic E-state index is 12.1. The lowest BCUT2D eigenvalue weighted by Gasteiger charge is -2.20. The second kappa shape index (κ2) is 8.09. The Labute approximate surface area is 122 Å². The molecule has 0 fully saturated rings. The summed E-state index contributed by atoms with van der Waals surface area (Å²) in [4.78, 5) is 0. The molecule has 0 saturated heterocycles. The van der Waals surface area contributed by atoms with Crippen molar-refractivity contribution in [3.05, 3.63) is 23.8 Å². The largest absolute Gasteiger partial charge is 0.497 e. The number of hydrogen-bond donors (Lipinski definition) is 1. The number of halogens is 3. The van der Waals surface area contributed by atoms with E-state index in [0.29, 0.717) is 18.0 Å². The second-order valence-electron chi connectivity index (χ2n) is 4.39. The van der Waals surface area contributed by atoms with E-state index in [1.54, 1.807) is 18.2 Å². The van der Waals surface area contributed by atoms with E-state index >= 15 is 0 Å². The zero-order chi connectivity index (χ0) is 15.9. The molecular formula is C14H20F3NO3. The van der Waals surface area contributed by atoms with Gasteiger partial charge >= 0.3 is 6.18 Å². The monoisotopic (exact) mass is 307 g/mol. The van der Waals surface area contributed by atoms with Crippen LogP contribution >= 0.6 is 0 Å². The molecule has 1 aromatic rings. The summed E-state index contributed by atoms with van der Waals surface area (Å²) in [5.41, 5.74) is 0.746. The molecular weight excluding hydrogens is 287 g/mol. The zero-order valence-electron chi connectivity index (χ0n) is 12.3. The van der Waals surface area contributed by atoms with Crippen molar-refractivity contribution in [2.75, 3.05) is 34.0 Å². The van der Waals surface area contributed by atoms with Crippen molar-refractivity contribution in [1.82, 2.24) is 5.32 Å². The van der Waals surface area contributed by atoms with Crippen LogP contribution in [0.1, 0.15) is 18.5 Å². The number of benzene rings is 1. The third-order valence-electron chi connectivity index (χ3n) is 2.78. The molecule has 0 radical (unpaired) electrons. The van der Waals surface area contributed by atoms with Gasteiger partial charge in [-0.05, 0) is 24.2 Å². The fourth-order valence-corrected chi connectivity index (χ4v) is 1.84. The molecule has 7 heteroatoms. The highest BCUT2D eigenvalue weighted by atomic mass is 19.4. The van der Waals surface area contributed by atoms with Gasteiger partial charge in [0.05, 0.1) is 26.9 Å². The highest BCUT2D eigenvalue weighted by Gasteiger charge is 2.28. The summed E-state index contributed by atoms with van der Waals surface area (Å²) in [6.07, 6.45) is -4.33. The quantitative estimate of drug-likeness (QED) is 0.801. The smallest absolute Gasteiger partial charge is 0.411 e. The van der Waals surface area contributed by atoms with Crippen molar-refractivity contribution in [2.45, 2.75) is 19.1 Å². The van der Waals surface area contributed by atoms with Gasteiger partial charge in [-0.25, -0.2) is 0 Å². The number of rotatable bonds is 8. The summed E-state index contributed by atoms with van der Waals surface area (Å²) in [7, 11) is 3.03. The van der Waals surface area contributed by atoms with Crippen LogP contribution in [-0.2, 0) is 4.74 Å². The van der Waals surface area contributed by atoms with Crippen molar-refractivity contribution in [2.24, 2.45) is 0 Å². The van der Waals surface area contributed by atoms with Crippen molar-refractivity contribution < 1.29 is 27.4 Å². The standard InChI is InChI=1S/C14H20F3NO3/c1-4-18-13(8-21-9-14(15,16)17)10-5-11(19-2)7-12(6-10)20-3/h5-7,13,18H,4,8-9H2,1-3H3. The molecule has 4 nitrogen and oxygen atoms in total. The SMILES string of the molecule is CCNC(COCC(F)(F)F)c1cc(OC)cc(OC)c1. The normalized spacial score (nSPS) is 13.0. The van der Waals surface area contributed by atoms with Gasteiger partial charge in [0.1, 0.15) is 18.1 Å². The molecule has 1 atom stereocenters. The van der Waals surface area contributed by atoms with Crippen LogP contribution in [0.25, 0.3) is 0 Å². The second-order valence-corrected chi connectivity index (χ2v) is 4.39. The van der Waals surface area contributed by atoms with E-state index in [9.17, 15) is 13.2 Å². The number of ether oxygens (including phenoxy) is 3. The average Bonchev–Trinajstić information content (AvgIpc) is 2.44. The number of nitrogens with one attached hydrogen (secondary N) is 1. The van der Waals surface area contributed by atoms with Crippen molar-refractivity contribution in [3.8, 4) is 11.5 Å². The van der Waals surface area contributed by atoms with E-state index in [1.807, 2.05) is 6.92 Å². The molecule has 0 aromatic heterocycles. The number of likely N-dealkylation sites (N-methyl/N-ethyl adjacent to an activating group) is 1. The Bertz CT molecular complexity index is 416.